The second kappa shape index (κ2) is 10.3. The molecule has 1 amide bonds. The van der Waals surface area contributed by atoms with Crippen molar-refractivity contribution in [2.45, 2.75) is 71.4 Å². The Bertz CT molecular complexity index is 863. The number of rotatable bonds is 8. The molecule has 1 aliphatic heterocycles. The Morgan fingerprint density at radius 1 is 1.10 bits per heavy atom. The summed E-state index contributed by atoms with van der Waals surface area (Å²) in [6, 6.07) is 11.0. The van der Waals surface area contributed by atoms with E-state index in [2.05, 4.69) is 56.5 Å². The molecule has 1 aliphatic carbocycles. The van der Waals surface area contributed by atoms with Crippen molar-refractivity contribution in [3.8, 4) is 0 Å². The highest BCUT2D eigenvalue weighted by atomic mass is 16.1. The quantitative estimate of drug-likeness (QED) is 0.665. The van der Waals surface area contributed by atoms with Crippen LogP contribution in [0, 0.1) is 19.8 Å². The van der Waals surface area contributed by atoms with Gasteiger partial charge in [-0.15, -0.1) is 0 Å². The van der Waals surface area contributed by atoms with E-state index in [0.29, 0.717) is 18.4 Å². The number of carbonyl (C=O) groups excluding carboxylic acids is 1. The van der Waals surface area contributed by atoms with E-state index in [9.17, 15) is 4.79 Å². The maximum atomic E-state index is 12.4. The number of hydrogen-bond acceptors (Lipinski definition) is 4. The molecule has 0 radical (unpaired) electrons. The lowest BCUT2D eigenvalue weighted by Gasteiger charge is -2.34. The van der Waals surface area contributed by atoms with Crippen molar-refractivity contribution in [3.05, 3.63) is 41.7 Å². The molecule has 2 heterocycles. The SMILES string of the molecule is Cc1cc(C)n(CCNC2CCN(c3cccc(NC(=O)CC4CCCC4)c3)CC2)n1. The van der Waals surface area contributed by atoms with Crippen LogP contribution in [0.5, 0.6) is 0 Å². The largest absolute Gasteiger partial charge is 0.371 e. The topological polar surface area (TPSA) is 62.2 Å². The van der Waals surface area contributed by atoms with E-state index in [1.54, 1.807) is 0 Å². The summed E-state index contributed by atoms with van der Waals surface area (Å²) in [5, 5.41) is 11.4. The highest BCUT2D eigenvalue weighted by Gasteiger charge is 2.20. The Morgan fingerprint density at radius 3 is 2.58 bits per heavy atom. The molecule has 1 aromatic heterocycles. The van der Waals surface area contributed by atoms with Crippen molar-refractivity contribution in [3.63, 3.8) is 0 Å². The molecule has 6 nitrogen and oxygen atoms in total. The van der Waals surface area contributed by atoms with Gasteiger partial charge in [0, 0.05) is 49.2 Å². The average Bonchev–Trinajstić information content (AvgIpc) is 3.37. The van der Waals surface area contributed by atoms with Gasteiger partial charge in [-0.1, -0.05) is 18.9 Å². The molecule has 0 bridgehead atoms. The smallest absolute Gasteiger partial charge is 0.224 e. The van der Waals surface area contributed by atoms with Crippen LogP contribution < -0.4 is 15.5 Å². The first-order valence-electron chi connectivity index (χ1n) is 12.0. The molecule has 2 N–H and O–H groups in total. The fourth-order valence-electron chi connectivity index (χ4n) is 5.09. The van der Waals surface area contributed by atoms with Gasteiger partial charge < -0.3 is 15.5 Å². The van der Waals surface area contributed by atoms with Gasteiger partial charge in [0.15, 0.2) is 0 Å². The molecule has 0 atom stereocenters. The van der Waals surface area contributed by atoms with Gasteiger partial charge in [0.1, 0.15) is 0 Å². The van der Waals surface area contributed by atoms with Gasteiger partial charge in [0.2, 0.25) is 5.91 Å². The zero-order chi connectivity index (χ0) is 21.6. The summed E-state index contributed by atoms with van der Waals surface area (Å²) < 4.78 is 2.09. The van der Waals surface area contributed by atoms with Crippen molar-refractivity contribution < 1.29 is 4.79 Å². The van der Waals surface area contributed by atoms with E-state index in [0.717, 1.165) is 50.4 Å². The van der Waals surface area contributed by atoms with Crippen molar-refractivity contribution in [1.29, 1.82) is 0 Å². The number of amides is 1. The third kappa shape index (κ3) is 6.10. The Labute approximate surface area is 186 Å². The van der Waals surface area contributed by atoms with Crippen LogP contribution in [0.1, 0.15) is 56.3 Å². The van der Waals surface area contributed by atoms with Crippen molar-refractivity contribution in [2.24, 2.45) is 5.92 Å². The molecule has 0 spiro atoms. The number of benzene rings is 1. The van der Waals surface area contributed by atoms with E-state index >= 15 is 0 Å². The van der Waals surface area contributed by atoms with Crippen LogP contribution in [-0.2, 0) is 11.3 Å². The molecule has 31 heavy (non-hydrogen) atoms. The summed E-state index contributed by atoms with van der Waals surface area (Å²) in [4.78, 5) is 14.8. The van der Waals surface area contributed by atoms with Crippen LogP contribution in [-0.4, -0.2) is 41.4 Å². The van der Waals surface area contributed by atoms with Crippen molar-refractivity contribution >= 4 is 17.3 Å². The Balaban J connectivity index is 1.21. The number of nitrogens with zero attached hydrogens (tertiary/aromatic N) is 3. The normalized spacial score (nSPS) is 17.9. The summed E-state index contributed by atoms with van der Waals surface area (Å²) >= 11 is 0. The standard InChI is InChI=1S/C25H37N5O/c1-19-16-20(2)30(28-19)15-12-26-22-10-13-29(14-11-22)24-9-5-8-23(18-24)27-25(31)17-21-6-3-4-7-21/h5,8-9,16,18,21-22,26H,3-4,6-7,10-15,17H2,1-2H3,(H,27,31). The van der Waals surface area contributed by atoms with E-state index in [1.165, 1.54) is 37.1 Å². The molecule has 6 heteroatoms. The molecule has 0 unspecified atom stereocenters. The van der Waals surface area contributed by atoms with Gasteiger partial charge in [0.25, 0.3) is 0 Å². The first-order valence-corrected chi connectivity index (χ1v) is 12.0. The number of aromatic nitrogens is 2. The minimum atomic E-state index is 0.162. The van der Waals surface area contributed by atoms with Gasteiger partial charge >= 0.3 is 0 Å². The second-order valence-corrected chi connectivity index (χ2v) is 9.32. The fourth-order valence-corrected chi connectivity index (χ4v) is 5.09. The van der Waals surface area contributed by atoms with E-state index in [-0.39, 0.29) is 5.91 Å². The summed E-state index contributed by atoms with van der Waals surface area (Å²) in [6.07, 6.45) is 7.90. The minimum Gasteiger partial charge on any atom is -0.371 e. The predicted octanol–water partition coefficient (Wildman–Crippen LogP) is 4.28. The van der Waals surface area contributed by atoms with Crippen LogP contribution in [0.25, 0.3) is 0 Å². The molecular formula is C25H37N5O. The van der Waals surface area contributed by atoms with Gasteiger partial charge in [-0.2, -0.15) is 5.10 Å². The zero-order valence-electron chi connectivity index (χ0n) is 19.1. The highest BCUT2D eigenvalue weighted by molar-refractivity contribution is 5.91. The molecule has 4 rings (SSSR count). The Kier molecular flexibility index (Phi) is 7.28. The molecule has 1 saturated heterocycles. The highest BCUT2D eigenvalue weighted by Crippen LogP contribution is 2.28. The number of hydrogen-bond donors (Lipinski definition) is 2. The molecule has 2 aromatic rings. The number of aryl methyl sites for hydroxylation is 2. The molecule has 1 saturated carbocycles. The second-order valence-electron chi connectivity index (χ2n) is 9.32. The fraction of sp³-hybridized carbons (Fsp3) is 0.600. The van der Waals surface area contributed by atoms with Crippen LogP contribution in [0.2, 0.25) is 0 Å². The van der Waals surface area contributed by atoms with E-state index < -0.39 is 0 Å². The summed E-state index contributed by atoms with van der Waals surface area (Å²) in [7, 11) is 0. The van der Waals surface area contributed by atoms with E-state index in [4.69, 9.17) is 0 Å². The van der Waals surface area contributed by atoms with Gasteiger partial charge in [0.05, 0.1) is 12.2 Å². The van der Waals surface area contributed by atoms with Crippen LogP contribution in [0.3, 0.4) is 0 Å². The maximum Gasteiger partial charge on any atom is 0.224 e. The van der Waals surface area contributed by atoms with E-state index in [1.807, 2.05) is 13.0 Å². The first kappa shape index (κ1) is 21.9. The van der Waals surface area contributed by atoms with Crippen LogP contribution in [0.15, 0.2) is 30.3 Å². The number of nitrogens with one attached hydrogen (secondary N) is 2. The third-order valence-electron chi connectivity index (χ3n) is 6.80. The summed E-state index contributed by atoms with van der Waals surface area (Å²) in [5.74, 6) is 0.741. The monoisotopic (exact) mass is 423 g/mol. The maximum absolute atomic E-state index is 12.4. The van der Waals surface area contributed by atoms with Crippen molar-refractivity contribution in [1.82, 2.24) is 15.1 Å². The lowest BCUT2D eigenvalue weighted by molar-refractivity contribution is -0.117. The number of piperidine rings is 1. The number of carbonyl (C=O) groups is 1. The molecule has 2 aliphatic rings. The van der Waals surface area contributed by atoms with Gasteiger partial charge in [-0.3, -0.25) is 9.48 Å². The summed E-state index contributed by atoms with van der Waals surface area (Å²) in [5.41, 5.74) is 4.44. The summed E-state index contributed by atoms with van der Waals surface area (Å²) in [6.45, 7) is 8.11. The first-order chi connectivity index (χ1) is 15.1. The van der Waals surface area contributed by atoms with Crippen molar-refractivity contribution in [2.75, 3.05) is 29.9 Å². The molecule has 168 valence electrons. The molecule has 2 fully saturated rings. The van der Waals surface area contributed by atoms with Crippen LogP contribution in [0.4, 0.5) is 11.4 Å². The average molecular weight is 424 g/mol. The third-order valence-corrected chi connectivity index (χ3v) is 6.80. The van der Waals surface area contributed by atoms with Gasteiger partial charge in [-0.25, -0.2) is 0 Å². The molecular weight excluding hydrogens is 386 g/mol. The van der Waals surface area contributed by atoms with Gasteiger partial charge in [-0.05, 0) is 69.7 Å². The minimum absolute atomic E-state index is 0.162. The lowest BCUT2D eigenvalue weighted by Crippen LogP contribution is -2.43. The molecule has 1 aromatic carbocycles. The Morgan fingerprint density at radius 2 is 1.87 bits per heavy atom. The predicted molar refractivity (Wildman–Crippen MR) is 127 cm³/mol. The Hall–Kier alpha value is -2.34. The number of anilines is 2. The van der Waals surface area contributed by atoms with Crippen LogP contribution >= 0.6 is 0 Å². The zero-order valence-corrected chi connectivity index (χ0v) is 19.1. The lowest BCUT2D eigenvalue weighted by atomic mass is 10.0.